The molecule has 0 saturated heterocycles. The molecule has 1 heterocycles. The third-order valence-electron chi connectivity index (χ3n) is 5.07. The lowest BCUT2D eigenvalue weighted by molar-refractivity contribution is -0.137. The molecule has 1 atom stereocenters. The highest BCUT2D eigenvalue weighted by Gasteiger charge is 2.35. The van der Waals surface area contributed by atoms with Gasteiger partial charge in [-0.3, -0.25) is 4.18 Å². The van der Waals surface area contributed by atoms with Crippen LogP contribution in [0.3, 0.4) is 0 Å². The molecule has 0 N–H and O–H groups in total. The minimum atomic E-state index is -4.51. The summed E-state index contributed by atoms with van der Waals surface area (Å²) in [5.41, 5.74) is 1.19. The van der Waals surface area contributed by atoms with E-state index in [0.717, 1.165) is 11.6 Å². The maximum absolute atomic E-state index is 13.5. The average Bonchev–Trinajstić information content (AvgIpc) is 3.15. The third-order valence-corrected chi connectivity index (χ3v) is 6.37. The van der Waals surface area contributed by atoms with Crippen LogP contribution in [0, 0.1) is 6.92 Å². The Morgan fingerprint density at radius 2 is 1.65 bits per heavy atom. The number of alkyl halides is 3. The van der Waals surface area contributed by atoms with E-state index in [1.807, 2.05) is 6.92 Å². The van der Waals surface area contributed by atoms with Gasteiger partial charge in [0.25, 0.3) is 10.1 Å². The van der Waals surface area contributed by atoms with Crippen molar-refractivity contribution in [2.75, 3.05) is 6.61 Å². The second-order valence-electron chi connectivity index (χ2n) is 7.33. The minimum absolute atomic E-state index is 0.0145. The maximum atomic E-state index is 13.5. The molecule has 4 nitrogen and oxygen atoms in total. The van der Waals surface area contributed by atoms with Crippen molar-refractivity contribution in [2.24, 2.45) is 0 Å². The van der Waals surface area contributed by atoms with Gasteiger partial charge in [-0.15, -0.1) is 0 Å². The second kappa shape index (κ2) is 8.01. The van der Waals surface area contributed by atoms with Crippen LogP contribution in [0.2, 0.25) is 0 Å². The second-order valence-corrected chi connectivity index (χ2v) is 8.95. The molecule has 0 saturated carbocycles. The zero-order valence-electron chi connectivity index (χ0n) is 16.5. The first-order chi connectivity index (χ1) is 14.6. The summed E-state index contributed by atoms with van der Waals surface area (Å²) in [7, 11) is -3.97. The predicted octanol–water partition coefficient (Wildman–Crippen LogP) is 5.39. The Hall–Kier alpha value is -2.84. The first kappa shape index (κ1) is 21.4. The fourth-order valence-electron chi connectivity index (χ4n) is 3.55. The molecule has 1 aliphatic heterocycles. The van der Waals surface area contributed by atoms with Crippen molar-refractivity contribution >= 4 is 10.1 Å². The summed E-state index contributed by atoms with van der Waals surface area (Å²) in [6.45, 7) is 1.60. The van der Waals surface area contributed by atoms with Crippen molar-refractivity contribution in [2.45, 2.75) is 30.5 Å². The molecule has 31 heavy (non-hydrogen) atoms. The quantitative estimate of drug-likeness (QED) is 0.491. The van der Waals surface area contributed by atoms with Crippen molar-refractivity contribution in [3.63, 3.8) is 0 Å². The Balaban J connectivity index is 1.55. The van der Waals surface area contributed by atoms with E-state index in [1.165, 1.54) is 30.3 Å². The largest absolute Gasteiger partial charge is 0.487 e. The first-order valence-electron chi connectivity index (χ1n) is 9.56. The van der Waals surface area contributed by atoms with Crippen LogP contribution >= 0.6 is 0 Å². The summed E-state index contributed by atoms with van der Waals surface area (Å²) in [5.74, 6) is 0.320. The zero-order chi connectivity index (χ0) is 22.2. The lowest BCUT2D eigenvalue weighted by atomic mass is 9.96. The number of ether oxygens (including phenoxy) is 1. The van der Waals surface area contributed by atoms with Gasteiger partial charge in [0.15, 0.2) is 0 Å². The van der Waals surface area contributed by atoms with Crippen LogP contribution in [0.1, 0.15) is 16.7 Å². The summed E-state index contributed by atoms with van der Waals surface area (Å²) in [4.78, 5) is 0.0356. The molecule has 1 aliphatic rings. The van der Waals surface area contributed by atoms with Gasteiger partial charge in [0, 0.05) is 12.0 Å². The van der Waals surface area contributed by atoms with Gasteiger partial charge in [0.1, 0.15) is 18.5 Å². The lowest BCUT2D eigenvalue weighted by Gasteiger charge is -2.16. The molecular formula is C23H19F3O4S. The molecule has 0 fully saturated rings. The SMILES string of the molecule is Cc1ccc(S(=O)(=O)OCC2Cc3cccc(-c4ccccc4C(F)(F)F)c3O2)cc1. The van der Waals surface area contributed by atoms with Crippen molar-refractivity contribution < 1.29 is 30.5 Å². The van der Waals surface area contributed by atoms with Crippen LogP contribution in [0.25, 0.3) is 11.1 Å². The fraction of sp³-hybridized carbons (Fsp3) is 0.217. The molecule has 0 bridgehead atoms. The van der Waals surface area contributed by atoms with Crippen LogP contribution in [-0.4, -0.2) is 21.1 Å². The van der Waals surface area contributed by atoms with E-state index in [9.17, 15) is 21.6 Å². The Bertz CT molecular complexity index is 1200. The number of hydrogen-bond donors (Lipinski definition) is 0. The van der Waals surface area contributed by atoms with Gasteiger partial charge in [-0.2, -0.15) is 21.6 Å². The molecule has 162 valence electrons. The normalized spacial score (nSPS) is 16.1. The number of rotatable bonds is 5. The van der Waals surface area contributed by atoms with E-state index in [4.69, 9.17) is 8.92 Å². The van der Waals surface area contributed by atoms with Crippen LogP contribution in [-0.2, 0) is 26.9 Å². The molecule has 1 unspecified atom stereocenters. The summed E-state index contributed by atoms with van der Waals surface area (Å²) in [6, 6.07) is 16.5. The van der Waals surface area contributed by atoms with E-state index >= 15 is 0 Å². The number of aryl methyl sites for hydroxylation is 1. The average molecular weight is 448 g/mol. The molecule has 0 spiro atoms. The fourth-order valence-corrected chi connectivity index (χ4v) is 4.48. The van der Waals surface area contributed by atoms with Crippen molar-refractivity contribution in [1.29, 1.82) is 0 Å². The molecule has 0 amide bonds. The van der Waals surface area contributed by atoms with E-state index in [2.05, 4.69) is 0 Å². The molecule has 8 heteroatoms. The summed E-state index contributed by atoms with van der Waals surface area (Å²) in [6.07, 6.45) is -4.81. The zero-order valence-corrected chi connectivity index (χ0v) is 17.3. The highest BCUT2D eigenvalue weighted by molar-refractivity contribution is 7.86. The molecule has 4 rings (SSSR count). The molecule has 0 aromatic heterocycles. The first-order valence-corrected chi connectivity index (χ1v) is 11.0. The molecule has 0 radical (unpaired) electrons. The predicted molar refractivity (Wildman–Crippen MR) is 109 cm³/mol. The van der Waals surface area contributed by atoms with Gasteiger partial charge < -0.3 is 4.74 Å². The van der Waals surface area contributed by atoms with Gasteiger partial charge in [0.05, 0.1) is 10.5 Å². The molecule has 3 aromatic rings. The number of para-hydroxylation sites is 1. The summed E-state index contributed by atoms with van der Waals surface area (Å²) >= 11 is 0. The standard InChI is InChI=1S/C23H19F3O4S/c1-15-9-11-18(12-10-15)31(27,28)29-14-17-13-16-5-4-7-20(22(16)30-17)19-6-2-3-8-21(19)23(24,25)26/h2-12,17H,13-14H2,1H3. The molecule has 0 aliphatic carbocycles. The summed E-state index contributed by atoms with van der Waals surface area (Å²) < 4.78 is 76.3. The van der Waals surface area contributed by atoms with Gasteiger partial charge in [-0.05, 0) is 36.2 Å². The molecular weight excluding hydrogens is 429 g/mol. The Morgan fingerprint density at radius 3 is 2.35 bits per heavy atom. The van der Waals surface area contributed by atoms with E-state index < -0.39 is 28.0 Å². The number of hydrogen-bond acceptors (Lipinski definition) is 4. The smallest absolute Gasteiger partial charge is 0.417 e. The topological polar surface area (TPSA) is 52.6 Å². The maximum Gasteiger partial charge on any atom is 0.417 e. The van der Waals surface area contributed by atoms with E-state index in [0.29, 0.717) is 23.3 Å². The third kappa shape index (κ3) is 4.45. The molecule has 3 aromatic carbocycles. The summed E-state index contributed by atoms with van der Waals surface area (Å²) in [5, 5.41) is 0. The van der Waals surface area contributed by atoms with E-state index in [1.54, 1.807) is 30.3 Å². The van der Waals surface area contributed by atoms with Crippen LogP contribution < -0.4 is 4.74 Å². The van der Waals surface area contributed by atoms with Gasteiger partial charge in [0.2, 0.25) is 0 Å². The highest BCUT2D eigenvalue weighted by Crippen LogP contribution is 2.44. The Morgan fingerprint density at radius 1 is 0.968 bits per heavy atom. The van der Waals surface area contributed by atoms with Crippen molar-refractivity contribution in [3.8, 4) is 16.9 Å². The number of fused-ring (bicyclic) bond motifs is 1. The Kier molecular flexibility index (Phi) is 5.53. The van der Waals surface area contributed by atoms with Crippen molar-refractivity contribution in [3.05, 3.63) is 83.4 Å². The number of benzene rings is 3. The van der Waals surface area contributed by atoms with Crippen LogP contribution in [0.4, 0.5) is 13.2 Å². The van der Waals surface area contributed by atoms with Gasteiger partial charge >= 0.3 is 6.18 Å². The van der Waals surface area contributed by atoms with Gasteiger partial charge in [-0.25, -0.2) is 0 Å². The highest BCUT2D eigenvalue weighted by atomic mass is 32.2. The van der Waals surface area contributed by atoms with Crippen LogP contribution in [0.15, 0.2) is 71.6 Å². The minimum Gasteiger partial charge on any atom is -0.487 e. The van der Waals surface area contributed by atoms with Crippen LogP contribution in [0.5, 0.6) is 5.75 Å². The number of halogens is 3. The van der Waals surface area contributed by atoms with Crippen molar-refractivity contribution in [1.82, 2.24) is 0 Å². The van der Waals surface area contributed by atoms with E-state index in [-0.39, 0.29) is 17.1 Å². The van der Waals surface area contributed by atoms with Gasteiger partial charge in [-0.1, -0.05) is 54.1 Å². The Labute approximate surface area is 178 Å². The monoisotopic (exact) mass is 448 g/mol. The lowest BCUT2D eigenvalue weighted by Crippen LogP contribution is -2.23.